The molecule has 2 heterocycles. The van der Waals surface area contributed by atoms with E-state index >= 15 is 0 Å². The fraction of sp³-hybridized carbons (Fsp3) is 0.417. The first-order valence-electron chi connectivity index (χ1n) is 6.25. The van der Waals surface area contributed by atoms with Crippen molar-refractivity contribution in [3.8, 4) is 0 Å². The van der Waals surface area contributed by atoms with Gasteiger partial charge in [-0.3, -0.25) is 0 Å². The first-order valence-corrected chi connectivity index (χ1v) is 6.25. The monoisotopic (exact) mass is 264 g/mol. The van der Waals surface area contributed by atoms with Gasteiger partial charge in [-0.2, -0.15) is 4.98 Å². The number of aromatic nitrogens is 4. The van der Waals surface area contributed by atoms with Gasteiger partial charge in [-0.15, -0.1) is 0 Å². The Morgan fingerprint density at radius 1 is 1.37 bits per heavy atom. The average Bonchev–Trinajstić information content (AvgIpc) is 2.91. The molecule has 2 aromatic heterocycles. The van der Waals surface area contributed by atoms with Crippen molar-refractivity contribution in [2.45, 2.75) is 19.9 Å². The topological polar surface area (TPSA) is 67.7 Å². The first-order chi connectivity index (χ1) is 9.29. The van der Waals surface area contributed by atoms with Crippen molar-refractivity contribution >= 4 is 11.8 Å². The predicted molar refractivity (Wildman–Crippen MR) is 71.5 cm³/mol. The molecule has 102 valence electrons. The number of hydrogen-bond donors (Lipinski definition) is 2. The van der Waals surface area contributed by atoms with Gasteiger partial charge in [0.2, 0.25) is 5.95 Å². The van der Waals surface area contributed by atoms with Crippen molar-refractivity contribution < 1.29 is 4.39 Å². The summed E-state index contributed by atoms with van der Waals surface area (Å²) in [5, 5.41) is 5.92. The summed E-state index contributed by atoms with van der Waals surface area (Å²) >= 11 is 0. The van der Waals surface area contributed by atoms with Crippen LogP contribution in [0.15, 0.2) is 24.9 Å². The van der Waals surface area contributed by atoms with E-state index in [1.54, 1.807) is 12.5 Å². The van der Waals surface area contributed by atoms with Crippen molar-refractivity contribution in [3.05, 3.63) is 30.7 Å². The van der Waals surface area contributed by atoms with Gasteiger partial charge in [0.05, 0.1) is 12.5 Å². The lowest BCUT2D eigenvalue weighted by molar-refractivity contribution is 0.612. The Labute approximate surface area is 111 Å². The molecule has 7 heteroatoms. The van der Waals surface area contributed by atoms with E-state index < -0.39 is 5.82 Å². The Hall–Kier alpha value is -2.18. The zero-order chi connectivity index (χ0) is 13.5. The van der Waals surface area contributed by atoms with Gasteiger partial charge in [-0.1, -0.05) is 0 Å². The lowest BCUT2D eigenvalue weighted by Crippen LogP contribution is -2.11. The number of anilines is 2. The molecule has 0 spiro atoms. The van der Waals surface area contributed by atoms with Gasteiger partial charge in [-0.05, 0) is 13.3 Å². The van der Waals surface area contributed by atoms with Crippen LogP contribution in [0.25, 0.3) is 0 Å². The van der Waals surface area contributed by atoms with Crippen molar-refractivity contribution in [1.82, 2.24) is 19.5 Å². The maximum Gasteiger partial charge on any atom is 0.224 e. The summed E-state index contributed by atoms with van der Waals surface area (Å²) in [7, 11) is 0. The molecule has 0 unspecified atom stereocenters. The number of hydrogen-bond acceptors (Lipinski definition) is 5. The third-order valence-corrected chi connectivity index (χ3v) is 2.52. The summed E-state index contributed by atoms with van der Waals surface area (Å²) in [6.07, 6.45) is 7.42. The van der Waals surface area contributed by atoms with Crippen LogP contribution in [0.4, 0.5) is 16.2 Å². The van der Waals surface area contributed by atoms with Crippen molar-refractivity contribution in [3.63, 3.8) is 0 Å². The summed E-state index contributed by atoms with van der Waals surface area (Å²) in [4.78, 5) is 11.9. The minimum atomic E-state index is -0.440. The maximum absolute atomic E-state index is 13.5. The fourth-order valence-electron chi connectivity index (χ4n) is 1.62. The Balaban J connectivity index is 1.83. The molecule has 2 rings (SSSR count). The molecule has 19 heavy (non-hydrogen) atoms. The van der Waals surface area contributed by atoms with Crippen LogP contribution in [0.3, 0.4) is 0 Å². The highest BCUT2D eigenvalue weighted by Crippen LogP contribution is 2.11. The van der Waals surface area contributed by atoms with Gasteiger partial charge in [0.15, 0.2) is 11.6 Å². The molecule has 0 saturated heterocycles. The minimum absolute atomic E-state index is 0.233. The van der Waals surface area contributed by atoms with E-state index in [2.05, 4.69) is 25.6 Å². The van der Waals surface area contributed by atoms with E-state index in [0.29, 0.717) is 19.0 Å². The second-order valence-corrected chi connectivity index (χ2v) is 4.00. The molecule has 0 aliphatic heterocycles. The van der Waals surface area contributed by atoms with Gasteiger partial charge in [0.1, 0.15) is 0 Å². The van der Waals surface area contributed by atoms with E-state index in [1.165, 1.54) is 6.20 Å². The van der Waals surface area contributed by atoms with Crippen molar-refractivity contribution in [1.29, 1.82) is 0 Å². The van der Waals surface area contributed by atoms with Crippen LogP contribution in [0.1, 0.15) is 13.3 Å². The molecule has 2 aromatic rings. The van der Waals surface area contributed by atoms with E-state index in [1.807, 2.05) is 17.7 Å². The number of halogens is 1. The van der Waals surface area contributed by atoms with Gasteiger partial charge in [-0.25, -0.2) is 14.4 Å². The molecular weight excluding hydrogens is 247 g/mol. The summed E-state index contributed by atoms with van der Waals surface area (Å²) < 4.78 is 15.5. The van der Waals surface area contributed by atoms with Crippen molar-refractivity contribution in [2.75, 3.05) is 23.7 Å². The Bertz CT molecular complexity index is 499. The van der Waals surface area contributed by atoms with Crippen molar-refractivity contribution in [2.24, 2.45) is 0 Å². The number of nitrogens with zero attached hydrogens (tertiary/aromatic N) is 4. The molecular formula is C12H17FN6. The van der Waals surface area contributed by atoms with E-state index in [9.17, 15) is 4.39 Å². The maximum atomic E-state index is 13.5. The molecule has 0 amide bonds. The number of aryl methyl sites for hydroxylation is 1. The van der Waals surface area contributed by atoms with Crippen LogP contribution in [0.2, 0.25) is 0 Å². The molecule has 0 saturated carbocycles. The molecule has 0 aromatic carbocycles. The molecule has 0 fully saturated rings. The van der Waals surface area contributed by atoms with Crippen LogP contribution in [0, 0.1) is 5.82 Å². The number of nitrogens with one attached hydrogen (secondary N) is 2. The molecule has 0 aliphatic carbocycles. The zero-order valence-corrected chi connectivity index (χ0v) is 10.8. The van der Waals surface area contributed by atoms with E-state index in [0.717, 1.165) is 13.0 Å². The SMILES string of the molecule is CCNc1ncc(F)c(NCCCn2ccnc2)n1. The molecule has 0 aliphatic rings. The van der Waals surface area contributed by atoms with Gasteiger partial charge in [0.25, 0.3) is 0 Å². The second-order valence-electron chi connectivity index (χ2n) is 4.00. The highest BCUT2D eigenvalue weighted by atomic mass is 19.1. The smallest absolute Gasteiger partial charge is 0.224 e. The third-order valence-electron chi connectivity index (χ3n) is 2.52. The van der Waals surface area contributed by atoms with E-state index in [4.69, 9.17) is 0 Å². The van der Waals surface area contributed by atoms with Crippen LogP contribution >= 0.6 is 0 Å². The molecule has 2 N–H and O–H groups in total. The Morgan fingerprint density at radius 3 is 3.00 bits per heavy atom. The zero-order valence-electron chi connectivity index (χ0n) is 10.8. The summed E-state index contributed by atoms with van der Waals surface area (Å²) in [5.74, 6) is 0.224. The highest BCUT2D eigenvalue weighted by Gasteiger charge is 2.05. The standard InChI is InChI=1S/C12H17FN6/c1-2-15-12-17-8-10(13)11(18-12)16-4-3-6-19-7-5-14-9-19/h5,7-9H,2-4,6H2,1H3,(H2,15,16,17,18). The van der Waals surface area contributed by atoms with Crippen LogP contribution in [0.5, 0.6) is 0 Å². The molecule has 0 atom stereocenters. The Morgan fingerprint density at radius 2 is 2.26 bits per heavy atom. The minimum Gasteiger partial charge on any atom is -0.367 e. The van der Waals surface area contributed by atoms with E-state index in [-0.39, 0.29) is 5.82 Å². The van der Waals surface area contributed by atoms with Gasteiger partial charge >= 0.3 is 0 Å². The first kappa shape index (κ1) is 13.3. The molecule has 0 bridgehead atoms. The lowest BCUT2D eigenvalue weighted by atomic mass is 10.4. The number of rotatable bonds is 7. The van der Waals surface area contributed by atoms with Crippen LogP contribution in [-0.4, -0.2) is 32.6 Å². The number of imidazole rings is 1. The second kappa shape index (κ2) is 6.67. The van der Waals surface area contributed by atoms with Crippen LogP contribution in [-0.2, 0) is 6.54 Å². The molecule has 6 nitrogen and oxygen atoms in total. The average molecular weight is 264 g/mol. The van der Waals surface area contributed by atoms with Gasteiger partial charge < -0.3 is 15.2 Å². The van der Waals surface area contributed by atoms with Crippen LogP contribution < -0.4 is 10.6 Å². The fourth-order valence-corrected chi connectivity index (χ4v) is 1.62. The summed E-state index contributed by atoms with van der Waals surface area (Å²) in [5.41, 5.74) is 0. The van der Waals surface area contributed by atoms with Gasteiger partial charge in [0, 0.05) is 32.0 Å². The predicted octanol–water partition coefficient (Wildman–Crippen LogP) is 1.75. The lowest BCUT2D eigenvalue weighted by Gasteiger charge is -2.08. The third kappa shape index (κ3) is 3.90. The summed E-state index contributed by atoms with van der Waals surface area (Å²) in [6, 6.07) is 0. The normalized spacial score (nSPS) is 10.4. The largest absolute Gasteiger partial charge is 0.367 e. The Kier molecular flexibility index (Phi) is 4.66. The highest BCUT2D eigenvalue weighted by molar-refractivity contribution is 5.40. The molecule has 0 radical (unpaired) electrons. The summed E-state index contributed by atoms with van der Waals surface area (Å²) in [6.45, 7) is 4.11. The quantitative estimate of drug-likeness (QED) is 0.746.